The van der Waals surface area contributed by atoms with Crippen LogP contribution in [0.5, 0.6) is 5.75 Å². The third kappa shape index (κ3) is 3.10. The van der Waals surface area contributed by atoms with Gasteiger partial charge in [-0.1, -0.05) is 36.4 Å². The molecule has 0 fully saturated rings. The van der Waals surface area contributed by atoms with Gasteiger partial charge in [0.1, 0.15) is 5.75 Å². The maximum absolute atomic E-state index is 12.8. The number of amides is 1. The second kappa shape index (κ2) is 6.76. The van der Waals surface area contributed by atoms with Gasteiger partial charge < -0.3 is 10.1 Å². The molecule has 25 heavy (non-hydrogen) atoms. The zero-order valence-electron chi connectivity index (χ0n) is 14.3. The lowest BCUT2D eigenvalue weighted by Crippen LogP contribution is -2.31. The molecule has 0 unspecified atom stereocenters. The molecule has 3 aromatic rings. The van der Waals surface area contributed by atoms with Gasteiger partial charge in [-0.25, -0.2) is 4.68 Å². The second-order valence-electron chi connectivity index (χ2n) is 5.76. The Morgan fingerprint density at radius 1 is 1.12 bits per heavy atom. The Labute approximate surface area is 145 Å². The van der Waals surface area contributed by atoms with Crippen LogP contribution in [0.2, 0.25) is 0 Å². The SMILES string of the molecule is COc1ccccc1[C@H](C)NC(=O)c1nn(C)c(=O)c2ccccc12. The molecule has 0 saturated heterocycles. The van der Waals surface area contributed by atoms with Crippen LogP contribution in [-0.2, 0) is 7.05 Å². The zero-order chi connectivity index (χ0) is 18.0. The van der Waals surface area contributed by atoms with Crippen molar-refractivity contribution in [2.45, 2.75) is 13.0 Å². The van der Waals surface area contributed by atoms with E-state index in [-0.39, 0.29) is 23.2 Å². The lowest BCUT2D eigenvalue weighted by molar-refractivity contribution is 0.0934. The Hall–Kier alpha value is -3.15. The number of nitrogens with one attached hydrogen (secondary N) is 1. The Kier molecular flexibility index (Phi) is 4.52. The number of nitrogens with zero attached hydrogens (tertiary/aromatic N) is 2. The Balaban J connectivity index is 1.98. The molecule has 0 aliphatic rings. The number of ether oxygens (including phenoxy) is 1. The van der Waals surface area contributed by atoms with Crippen LogP contribution in [0.1, 0.15) is 29.0 Å². The van der Waals surface area contributed by atoms with Gasteiger partial charge in [-0.15, -0.1) is 0 Å². The number of fused-ring (bicyclic) bond motifs is 1. The summed E-state index contributed by atoms with van der Waals surface area (Å²) in [6, 6.07) is 14.2. The lowest BCUT2D eigenvalue weighted by Gasteiger charge is -2.17. The minimum Gasteiger partial charge on any atom is -0.496 e. The van der Waals surface area contributed by atoms with Gasteiger partial charge in [0.25, 0.3) is 11.5 Å². The first-order valence-electron chi connectivity index (χ1n) is 7.92. The molecule has 1 amide bonds. The van der Waals surface area contributed by atoms with E-state index in [1.165, 1.54) is 11.7 Å². The number of carbonyl (C=O) groups is 1. The van der Waals surface area contributed by atoms with E-state index in [1.54, 1.807) is 31.4 Å². The number of hydrogen-bond acceptors (Lipinski definition) is 4. The van der Waals surface area contributed by atoms with Crippen molar-refractivity contribution >= 4 is 16.7 Å². The zero-order valence-corrected chi connectivity index (χ0v) is 14.3. The van der Waals surface area contributed by atoms with E-state index < -0.39 is 0 Å². The Morgan fingerprint density at radius 2 is 1.76 bits per heavy atom. The fourth-order valence-corrected chi connectivity index (χ4v) is 2.83. The molecule has 6 heteroatoms. The molecule has 3 rings (SSSR count). The molecule has 128 valence electrons. The van der Waals surface area contributed by atoms with E-state index in [4.69, 9.17) is 4.74 Å². The average molecular weight is 337 g/mol. The molecule has 0 saturated carbocycles. The van der Waals surface area contributed by atoms with Gasteiger partial charge in [-0.2, -0.15) is 5.10 Å². The van der Waals surface area contributed by atoms with Crippen molar-refractivity contribution in [2.75, 3.05) is 7.11 Å². The van der Waals surface area contributed by atoms with Crippen LogP contribution in [0.15, 0.2) is 53.3 Å². The fraction of sp³-hybridized carbons (Fsp3) is 0.211. The van der Waals surface area contributed by atoms with Crippen molar-refractivity contribution in [3.63, 3.8) is 0 Å². The summed E-state index contributed by atoms with van der Waals surface area (Å²) >= 11 is 0. The van der Waals surface area contributed by atoms with Crippen molar-refractivity contribution < 1.29 is 9.53 Å². The maximum atomic E-state index is 12.8. The van der Waals surface area contributed by atoms with Gasteiger partial charge in [-0.3, -0.25) is 9.59 Å². The lowest BCUT2D eigenvalue weighted by atomic mass is 10.1. The summed E-state index contributed by atoms with van der Waals surface area (Å²) in [4.78, 5) is 25.0. The quantitative estimate of drug-likeness (QED) is 0.793. The van der Waals surface area contributed by atoms with Crippen molar-refractivity contribution in [1.82, 2.24) is 15.1 Å². The molecule has 1 heterocycles. The highest BCUT2D eigenvalue weighted by Crippen LogP contribution is 2.24. The summed E-state index contributed by atoms with van der Waals surface area (Å²) < 4.78 is 6.53. The van der Waals surface area contributed by atoms with Crippen molar-refractivity contribution in [3.05, 3.63) is 70.1 Å². The summed E-state index contributed by atoms with van der Waals surface area (Å²) in [7, 11) is 3.13. The Morgan fingerprint density at radius 3 is 2.48 bits per heavy atom. The number of carbonyl (C=O) groups excluding carboxylic acids is 1. The number of benzene rings is 2. The van der Waals surface area contributed by atoms with Gasteiger partial charge in [0, 0.05) is 18.0 Å². The summed E-state index contributed by atoms with van der Waals surface area (Å²) in [5.41, 5.74) is 0.858. The number of methoxy groups -OCH3 is 1. The average Bonchev–Trinajstić information content (AvgIpc) is 2.64. The molecule has 0 aliphatic heterocycles. The standard InChI is InChI=1S/C19H19N3O3/c1-12(13-8-6-7-11-16(13)25-3)20-18(23)17-14-9-4-5-10-15(14)19(24)22(2)21-17/h4-12H,1-3H3,(H,20,23)/t12-/m0/s1. The smallest absolute Gasteiger partial charge is 0.274 e. The van der Waals surface area contributed by atoms with Gasteiger partial charge >= 0.3 is 0 Å². The number of hydrogen-bond donors (Lipinski definition) is 1. The van der Waals surface area contributed by atoms with Gasteiger partial charge in [0.2, 0.25) is 0 Å². The first-order valence-corrected chi connectivity index (χ1v) is 7.92. The van der Waals surface area contributed by atoms with Gasteiger partial charge in [0.05, 0.1) is 18.5 Å². The number of rotatable bonds is 4. The van der Waals surface area contributed by atoms with Crippen molar-refractivity contribution in [1.29, 1.82) is 0 Å². The van der Waals surface area contributed by atoms with Gasteiger partial charge in [0.15, 0.2) is 5.69 Å². The fourth-order valence-electron chi connectivity index (χ4n) is 2.83. The predicted molar refractivity (Wildman–Crippen MR) is 95.9 cm³/mol. The summed E-state index contributed by atoms with van der Waals surface area (Å²) in [5.74, 6) is 0.360. The molecule has 1 aromatic heterocycles. The maximum Gasteiger partial charge on any atom is 0.274 e. The first kappa shape index (κ1) is 16.7. The van der Waals surface area contributed by atoms with Crippen LogP contribution >= 0.6 is 0 Å². The van der Waals surface area contributed by atoms with Crippen LogP contribution < -0.4 is 15.6 Å². The largest absolute Gasteiger partial charge is 0.496 e. The second-order valence-corrected chi connectivity index (χ2v) is 5.76. The van der Waals surface area contributed by atoms with E-state index in [1.807, 2.05) is 31.2 Å². The van der Waals surface area contributed by atoms with Crippen LogP contribution in [-0.4, -0.2) is 22.8 Å². The third-order valence-electron chi connectivity index (χ3n) is 4.12. The van der Waals surface area contributed by atoms with Crippen molar-refractivity contribution in [2.24, 2.45) is 7.05 Å². The van der Waals surface area contributed by atoms with E-state index in [0.29, 0.717) is 16.5 Å². The summed E-state index contributed by atoms with van der Waals surface area (Å²) in [6.45, 7) is 1.87. The van der Waals surface area contributed by atoms with Gasteiger partial charge in [-0.05, 0) is 19.1 Å². The first-order chi connectivity index (χ1) is 12.0. The molecular weight excluding hydrogens is 318 g/mol. The number of para-hydroxylation sites is 1. The highest BCUT2D eigenvalue weighted by molar-refractivity contribution is 6.04. The van der Waals surface area contributed by atoms with Crippen molar-refractivity contribution in [3.8, 4) is 5.75 Å². The molecule has 2 aromatic carbocycles. The normalized spacial score (nSPS) is 12.0. The van der Waals surface area contributed by atoms with Crippen LogP contribution in [0.4, 0.5) is 0 Å². The van der Waals surface area contributed by atoms with Crippen LogP contribution in [0.25, 0.3) is 10.8 Å². The summed E-state index contributed by atoms with van der Waals surface area (Å²) in [6.07, 6.45) is 0. The topological polar surface area (TPSA) is 73.2 Å². The van der Waals surface area contributed by atoms with E-state index in [9.17, 15) is 9.59 Å². The predicted octanol–water partition coefficient (Wildman–Crippen LogP) is 2.43. The molecule has 0 radical (unpaired) electrons. The number of aryl methyl sites for hydroxylation is 1. The molecular formula is C19H19N3O3. The summed E-state index contributed by atoms with van der Waals surface area (Å²) in [5, 5.41) is 8.09. The van der Waals surface area contributed by atoms with Crippen LogP contribution in [0, 0.1) is 0 Å². The molecule has 0 bridgehead atoms. The van der Waals surface area contributed by atoms with E-state index in [2.05, 4.69) is 10.4 Å². The number of aromatic nitrogens is 2. The highest BCUT2D eigenvalue weighted by atomic mass is 16.5. The highest BCUT2D eigenvalue weighted by Gasteiger charge is 2.19. The molecule has 0 aliphatic carbocycles. The minimum absolute atomic E-state index is 0.222. The molecule has 0 spiro atoms. The van der Waals surface area contributed by atoms with E-state index >= 15 is 0 Å². The monoisotopic (exact) mass is 337 g/mol. The minimum atomic E-state index is -0.342. The molecule has 6 nitrogen and oxygen atoms in total. The molecule has 1 N–H and O–H groups in total. The molecule has 1 atom stereocenters. The third-order valence-corrected chi connectivity index (χ3v) is 4.12. The van der Waals surface area contributed by atoms with E-state index in [0.717, 1.165) is 5.56 Å². The Bertz CT molecular complexity index is 995. The van der Waals surface area contributed by atoms with Crippen LogP contribution in [0.3, 0.4) is 0 Å².